The fraction of sp³-hybridized carbons (Fsp3) is 0.538. The van der Waals surface area contributed by atoms with Gasteiger partial charge in [-0.2, -0.15) is 0 Å². The Bertz CT molecular complexity index is 371. The number of nitrogens with two attached hydrogens (primary N) is 1. The van der Waals surface area contributed by atoms with Gasteiger partial charge in [-0.05, 0) is 41.5 Å². The third kappa shape index (κ3) is 1.86. The zero-order chi connectivity index (χ0) is 11.1. The highest BCUT2D eigenvalue weighted by Gasteiger charge is 2.31. The molecule has 0 saturated heterocycles. The molecule has 0 aliphatic heterocycles. The Morgan fingerprint density at radius 3 is 2.80 bits per heavy atom. The molecule has 2 N–H and O–H groups in total. The Kier molecular flexibility index (Phi) is 2.47. The van der Waals surface area contributed by atoms with E-state index in [1.807, 2.05) is 6.07 Å². The lowest BCUT2D eigenvalue weighted by molar-refractivity contribution is 0.384. The average Bonchev–Trinajstić information content (AvgIpc) is 2.15. The van der Waals surface area contributed by atoms with Crippen LogP contribution in [0, 0.1) is 0 Å². The van der Waals surface area contributed by atoms with Crippen molar-refractivity contribution in [2.45, 2.75) is 38.1 Å². The Morgan fingerprint density at radius 1 is 1.40 bits per heavy atom. The molecular weight excluding hydrogens is 186 g/mol. The minimum Gasteiger partial charge on any atom is -0.497 e. The van der Waals surface area contributed by atoms with Crippen LogP contribution in [0.4, 0.5) is 0 Å². The van der Waals surface area contributed by atoms with Gasteiger partial charge >= 0.3 is 0 Å². The van der Waals surface area contributed by atoms with Gasteiger partial charge in [-0.3, -0.25) is 0 Å². The second-order valence-electron chi connectivity index (χ2n) is 5.08. The SMILES string of the molecule is COc1ccc2c(c1)CC(N)CC2(C)C. The zero-order valence-electron chi connectivity index (χ0n) is 9.71. The van der Waals surface area contributed by atoms with Crippen molar-refractivity contribution in [2.24, 2.45) is 5.73 Å². The van der Waals surface area contributed by atoms with Crippen molar-refractivity contribution in [1.82, 2.24) is 0 Å². The molecule has 2 heteroatoms. The molecule has 0 spiro atoms. The van der Waals surface area contributed by atoms with Gasteiger partial charge in [0, 0.05) is 6.04 Å². The summed E-state index contributed by atoms with van der Waals surface area (Å²) in [6.45, 7) is 4.52. The van der Waals surface area contributed by atoms with Gasteiger partial charge in [0.1, 0.15) is 5.75 Å². The molecular formula is C13H19NO. The van der Waals surface area contributed by atoms with Crippen molar-refractivity contribution in [2.75, 3.05) is 7.11 Å². The van der Waals surface area contributed by atoms with Crippen molar-refractivity contribution >= 4 is 0 Å². The molecule has 1 unspecified atom stereocenters. The molecule has 0 bridgehead atoms. The first-order valence-electron chi connectivity index (χ1n) is 5.46. The largest absolute Gasteiger partial charge is 0.497 e. The van der Waals surface area contributed by atoms with Crippen molar-refractivity contribution < 1.29 is 4.74 Å². The smallest absolute Gasteiger partial charge is 0.119 e. The van der Waals surface area contributed by atoms with Crippen LogP contribution in [0.1, 0.15) is 31.4 Å². The van der Waals surface area contributed by atoms with Crippen LogP contribution in [-0.2, 0) is 11.8 Å². The molecule has 2 nitrogen and oxygen atoms in total. The predicted octanol–water partition coefficient (Wildman–Crippen LogP) is 2.25. The molecule has 0 radical (unpaired) electrons. The lowest BCUT2D eigenvalue weighted by atomic mass is 9.71. The van der Waals surface area contributed by atoms with Crippen LogP contribution in [0.5, 0.6) is 5.75 Å². The van der Waals surface area contributed by atoms with E-state index in [9.17, 15) is 0 Å². The van der Waals surface area contributed by atoms with E-state index in [2.05, 4.69) is 26.0 Å². The minimum atomic E-state index is 0.194. The van der Waals surface area contributed by atoms with Gasteiger partial charge in [-0.25, -0.2) is 0 Å². The third-order valence-corrected chi connectivity index (χ3v) is 3.30. The zero-order valence-corrected chi connectivity index (χ0v) is 9.71. The summed E-state index contributed by atoms with van der Waals surface area (Å²) in [5.74, 6) is 0.929. The van der Waals surface area contributed by atoms with Gasteiger partial charge in [0.2, 0.25) is 0 Å². The molecule has 82 valence electrons. The fourth-order valence-corrected chi connectivity index (χ4v) is 2.65. The van der Waals surface area contributed by atoms with Crippen molar-refractivity contribution in [1.29, 1.82) is 0 Å². The standard InChI is InChI=1S/C13H19NO/c1-13(2)8-10(14)6-9-7-11(15-3)4-5-12(9)13/h4-5,7,10H,6,8,14H2,1-3H3. The minimum absolute atomic E-state index is 0.194. The van der Waals surface area contributed by atoms with Gasteiger partial charge < -0.3 is 10.5 Å². The van der Waals surface area contributed by atoms with Crippen LogP contribution >= 0.6 is 0 Å². The number of hydrogen-bond acceptors (Lipinski definition) is 2. The molecule has 1 aliphatic carbocycles. The summed E-state index contributed by atoms with van der Waals surface area (Å²) in [4.78, 5) is 0. The Labute approximate surface area is 91.4 Å². The van der Waals surface area contributed by atoms with E-state index in [0.29, 0.717) is 0 Å². The predicted molar refractivity (Wildman–Crippen MR) is 62.3 cm³/mol. The van der Waals surface area contributed by atoms with Crippen molar-refractivity contribution in [3.05, 3.63) is 29.3 Å². The van der Waals surface area contributed by atoms with E-state index in [0.717, 1.165) is 18.6 Å². The average molecular weight is 205 g/mol. The normalized spacial score (nSPS) is 23.3. The molecule has 0 heterocycles. The number of fused-ring (bicyclic) bond motifs is 1. The van der Waals surface area contributed by atoms with Gasteiger partial charge in [-0.15, -0.1) is 0 Å². The van der Waals surface area contributed by atoms with E-state index in [4.69, 9.17) is 10.5 Å². The lowest BCUT2D eigenvalue weighted by Crippen LogP contribution is -2.37. The second-order valence-corrected chi connectivity index (χ2v) is 5.08. The fourth-order valence-electron chi connectivity index (χ4n) is 2.65. The summed E-state index contributed by atoms with van der Waals surface area (Å²) in [5, 5.41) is 0. The molecule has 0 aromatic heterocycles. The molecule has 2 rings (SSSR count). The highest BCUT2D eigenvalue weighted by atomic mass is 16.5. The molecule has 0 fully saturated rings. The number of ether oxygens (including phenoxy) is 1. The summed E-state index contributed by atoms with van der Waals surface area (Å²) in [6, 6.07) is 6.62. The first kappa shape index (κ1) is 10.5. The lowest BCUT2D eigenvalue weighted by Gasteiger charge is -2.36. The first-order chi connectivity index (χ1) is 7.03. The maximum absolute atomic E-state index is 6.08. The summed E-state index contributed by atoms with van der Waals surface area (Å²) in [5.41, 5.74) is 9.04. The summed E-state index contributed by atoms with van der Waals surface area (Å²) >= 11 is 0. The van der Waals surface area contributed by atoms with Gasteiger partial charge in [0.05, 0.1) is 7.11 Å². The molecule has 1 aromatic rings. The van der Waals surface area contributed by atoms with E-state index in [-0.39, 0.29) is 11.5 Å². The van der Waals surface area contributed by atoms with Crippen LogP contribution in [0.2, 0.25) is 0 Å². The van der Waals surface area contributed by atoms with Gasteiger partial charge in [0.25, 0.3) is 0 Å². The Morgan fingerprint density at radius 2 is 2.13 bits per heavy atom. The molecule has 1 atom stereocenters. The van der Waals surface area contributed by atoms with E-state index < -0.39 is 0 Å². The summed E-state index contributed by atoms with van der Waals surface area (Å²) < 4.78 is 5.24. The van der Waals surface area contributed by atoms with Gasteiger partial charge in [0.15, 0.2) is 0 Å². The monoisotopic (exact) mass is 205 g/mol. The van der Waals surface area contributed by atoms with Gasteiger partial charge in [-0.1, -0.05) is 19.9 Å². The summed E-state index contributed by atoms with van der Waals surface area (Å²) in [6.07, 6.45) is 2.03. The molecule has 15 heavy (non-hydrogen) atoms. The van der Waals surface area contributed by atoms with Crippen LogP contribution in [0.3, 0.4) is 0 Å². The highest BCUT2D eigenvalue weighted by Crippen LogP contribution is 2.37. The first-order valence-corrected chi connectivity index (χ1v) is 5.46. The maximum Gasteiger partial charge on any atom is 0.119 e. The van der Waals surface area contributed by atoms with Crippen molar-refractivity contribution in [3.63, 3.8) is 0 Å². The van der Waals surface area contributed by atoms with Crippen LogP contribution in [0.25, 0.3) is 0 Å². The number of rotatable bonds is 1. The number of methoxy groups -OCH3 is 1. The maximum atomic E-state index is 6.08. The third-order valence-electron chi connectivity index (χ3n) is 3.30. The number of benzene rings is 1. The second kappa shape index (κ2) is 3.53. The van der Waals surface area contributed by atoms with Crippen LogP contribution < -0.4 is 10.5 Å². The summed E-state index contributed by atoms with van der Waals surface area (Å²) in [7, 11) is 1.70. The molecule has 1 aromatic carbocycles. The van der Waals surface area contributed by atoms with Crippen LogP contribution in [0.15, 0.2) is 18.2 Å². The van der Waals surface area contributed by atoms with E-state index in [1.165, 1.54) is 11.1 Å². The number of hydrogen-bond donors (Lipinski definition) is 1. The Hall–Kier alpha value is -1.02. The molecule has 1 aliphatic rings. The highest BCUT2D eigenvalue weighted by molar-refractivity contribution is 5.42. The molecule has 0 saturated carbocycles. The van der Waals surface area contributed by atoms with E-state index in [1.54, 1.807) is 7.11 Å². The Balaban J connectivity index is 2.47. The quantitative estimate of drug-likeness (QED) is 0.763. The van der Waals surface area contributed by atoms with E-state index >= 15 is 0 Å². The molecule has 0 amide bonds. The van der Waals surface area contributed by atoms with Crippen LogP contribution in [-0.4, -0.2) is 13.2 Å². The topological polar surface area (TPSA) is 35.2 Å². The van der Waals surface area contributed by atoms with Crippen molar-refractivity contribution in [3.8, 4) is 5.75 Å².